The molecule has 4 aliphatic rings. The van der Waals surface area contributed by atoms with Gasteiger partial charge in [0.15, 0.2) is 5.75 Å². The van der Waals surface area contributed by atoms with Gasteiger partial charge in [0, 0.05) is 43.2 Å². The summed E-state index contributed by atoms with van der Waals surface area (Å²) in [4.78, 5) is 46.2. The third kappa shape index (κ3) is 8.66. The number of nitrogens with zero attached hydrogens (tertiary/aromatic N) is 2. The first-order chi connectivity index (χ1) is 26.6. The van der Waals surface area contributed by atoms with Gasteiger partial charge in [0.1, 0.15) is 11.9 Å². The molecule has 8 rings (SSSR count). The van der Waals surface area contributed by atoms with Crippen LogP contribution in [0.2, 0.25) is 10.0 Å². The SMILES string of the molecule is O=C(c1cc(Cl)c(OCCCCCNC[C@H](O)c2ccc(O)c3[nH]c(=O)ccc23)c(Cl)c1)N1CCC(C(=O)O[C@H]2CN3CCC2CC3)(c2ccccc2)CC1. The average molecular weight is 792 g/mol. The number of carbonyl (C=O) groups is 2. The Hall–Kier alpha value is -4.13. The number of aromatic hydroxyl groups is 1. The van der Waals surface area contributed by atoms with E-state index in [9.17, 15) is 24.6 Å². The van der Waals surface area contributed by atoms with Crippen LogP contribution in [0.5, 0.6) is 11.5 Å². The molecule has 0 saturated carbocycles. The fourth-order valence-corrected chi connectivity index (χ4v) is 8.96. The van der Waals surface area contributed by atoms with Crippen molar-refractivity contribution >= 4 is 46.0 Å². The van der Waals surface area contributed by atoms with E-state index in [1.807, 2.05) is 30.3 Å². The molecule has 11 nitrogen and oxygen atoms in total. The minimum atomic E-state index is -0.822. The highest BCUT2D eigenvalue weighted by Crippen LogP contribution is 2.40. The number of nitrogens with one attached hydrogen (secondary N) is 2. The Morgan fingerprint density at radius 3 is 2.36 bits per heavy atom. The number of unbranched alkanes of at least 4 members (excludes halogenated alkanes) is 2. The van der Waals surface area contributed by atoms with Gasteiger partial charge >= 0.3 is 5.97 Å². The van der Waals surface area contributed by atoms with Crippen LogP contribution >= 0.6 is 23.2 Å². The third-order valence-electron chi connectivity index (χ3n) is 11.6. The van der Waals surface area contributed by atoms with Crippen LogP contribution in [0.4, 0.5) is 0 Å². The molecule has 1 aromatic heterocycles. The molecule has 4 saturated heterocycles. The van der Waals surface area contributed by atoms with Gasteiger partial charge in [-0.1, -0.05) is 59.6 Å². The van der Waals surface area contributed by atoms with E-state index in [2.05, 4.69) is 15.2 Å². The summed E-state index contributed by atoms with van der Waals surface area (Å²) >= 11 is 13.2. The Balaban J connectivity index is 0.872. The number of ether oxygens (including phenoxy) is 2. The monoisotopic (exact) mass is 790 g/mol. The van der Waals surface area contributed by atoms with E-state index in [0.29, 0.717) is 79.3 Å². The third-order valence-corrected chi connectivity index (χ3v) is 12.1. The summed E-state index contributed by atoms with van der Waals surface area (Å²) in [7, 11) is 0. The topological polar surface area (TPSA) is 144 Å². The second-order valence-electron chi connectivity index (χ2n) is 15.0. The Morgan fingerprint density at radius 1 is 0.945 bits per heavy atom. The highest BCUT2D eigenvalue weighted by atomic mass is 35.5. The Morgan fingerprint density at radius 2 is 1.67 bits per heavy atom. The van der Waals surface area contributed by atoms with Gasteiger partial charge in [0.05, 0.1) is 33.7 Å². The van der Waals surface area contributed by atoms with Crippen LogP contribution in [0.25, 0.3) is 10.9 Å². The van der Waals surface area contributed by atoms with Crippen molar-refractivity contribution in [2.24, 2.45) is 5.92 Å². The van der Waals surface area contributed by atoms with E-state index in [0.717, 1.165) is 57.3 Å². The van der Waals surface area contributed by atoms with Gasteiger partial charge in [0.25, 0.3) is 5.91 Å². The lowest BCUT2D eigenvalue weighted by Crippen LogP contribution is -2.55. The zero-order chi connectivity index (χ0) is 38.5. The maximum absolute atomic E-state index is 14.0. The molecule has 292 valence electrons. The highest BCUT2D eigenvalue weighted by molar-refractivity contribution is 6.37. The number of piperidine rings is 4. The molecule has 0 radical (unpaired) electrons. The van der Waals surface area contributed by atoms with E-state index < -0.39 is 11.5 Å². The Bertz CT molecular complexity index is 2020. The molecule has 0 spiro atoms. The number of aliphatic hydroxyl groups is 1. The number of esters is 1. The fraction of sp³-hybridized carbons (Fsp3) is 0.452. The second kappa shape index (κ2) is 17.3. The normalized spacial score (nSPS) is 21.0. The summed E-state index contributed by atoms with van der Waals surface area (Å²) in [6, 6.07) is 19.1. The molecule has 3 aromatic carbocycles. The quantitative estimate of drug-likeness (QED) is 0.0864. The van der Waals surface area contributed by atoms with Crippen LogP contribution < -0.4 is 15.6 Å². The number of aliphatic hydroxyl groups excluding tert-OH is 1. The van der Waals surface area contributed by atoms with Gasteiger partial charge in [-0.25, -0.2) is 0 Å². The number of aromatic amines is 1. The zero-order valence-corrected chi connectivity index (χ0v) is 32.3. The first kappa shape index (κ1) is 39.1. The summed E-state index contributed by atoms with van der Waals surface area (Å²) in [5.41, 5.74) is 1.07. The Kier molecular flexibility index (Phi) is 12.3. The van der Waals surface area contributed by atoms with Gasteiger partial charge in [-0.15, -0.1) is 0 Å². The van der Waals surface area contributed by atoms with E-state index in [-0.39, 0.29) is 39.3 Å². The van der Waals surface area contributed by atoms with Crippen LogP contribution in [0.3, 0.4) is 0 Å². The first-order valence-corrected chi connectivity index (χ1v) is 20.0. The molecule has 4 N–H and O–H groups in total. The smallest absolute Gasteiger partial charge is 0.317 e. The van der Waals surface area contributed by atoms with Crippen LogP contribution in [0.1, 0.15) is 72.5 Å². The minimum Gasteiger partial charge on any atom is -0.506 e. The lowest BCUT2D eigenvalue weighted by atomic mass is 9.72. The predicted molar refractivity (Wildman–Crippen MR) is 212 cm³/mol. The Labute approximate surface area is 330 Å². The molecule has 5 heterocycles. The van der Waals surface area contributed by atoms with Crippen LogP contribution in [-0.2, 0) is 14.9 Å². The number of hydrogen-bond donors (Lipinski definition) is 4. The number of rotatable bonds is 14. The molecule has 4 aromatic rings. The molecule has 13 heteroatoms. The average Bonchev–Trinajstić information content (AvgIpc) is 3.20. The fourth-order valence-electron chi connectivity index (χ4n) is 8.36. The summed E-state index contributed by atoms with van der Waals surface area (Å²) in [5.74, 6) is 0.312. The van der Waals surface area contributed by atoms with Crippen molar-refractivity contribution in [2.75, 3.05) is 52.4 Å². The van der Waals surface area contributed by atoms with E-state index in [1.165, 1.54) is 12.1 Å². The molecule has 55 heavy (non-hydrogen) atoms. The van der Waals surface area contributed by atoms with E-state index >= 15 is 0 Å². The highest BCUT2D eigenvalue weighted by Gasteiger charge is 2.47. The van der Waals surface area contributed by atoms with Gasteiger partial charge in [0.2, 0.25) is 5.56 Å². The zero-order valence-electron chi connectivity index (χ0n) is 30.8. The van der Waals surface area contributed by atoms with Gasteiger partial charge < -0.3 is 34.9 Å². The molecule has 0 aliphatic carbocycles. The van der Waals surface area contributed by atoms with Crippen molar-refractivity contribution in [3.8, 4) is 11.5 Å². The summed E-state index contributed by atoms with van der Waals surface area (Å²) in [6.07, 6.45) is 4.57. The number of halogens is 2. The number of phenolic OH excluding ortho intramolecular Hbond substituents is 1. The number of pyridine rings is 1. The summed E-state index contributed by atoms with van der Waals surface area (Å²) < 4.78 is 12.2. The summed E-state index contributed by atoms with van der Waals surface area (Å²) in [5, 5.41) is 25.2. The lowest BCUT2D eigenvalue weighted by Gasteiger charge is -2.46. The van der Waals surface area contributed by atoms with E-state index in [4.69, 9.17) is 32.7 Å². The van der Waals surface area contributed by atoms with Crippen molar-refractivity contribution in [1.29, 1.82) is 0 Å². The molecule has 4 aliphatic heterocycles. The molecular weight excluding hydrogens is 743 g/mol. The summed E-state index contributed by atoms with van der Waals surface area (Å²) in [6.45, 7) is 5.09. The van der Waals surface area contributed by atoms with Crippen molar-refractivity contribution in [1.82, 2.24) is 20.1 Å². The number of aromatic nitrogens is 1. The van der Waals surface area contributed by atoms with Gasteiger partial charge in [-0.05, 0) is 106 Å². The maximum atomic E-state index is 14.0. The standard InChI is InChI=1S/C42H48Cl2N4O7/c43-32-23-28(24-33(44)39(32)54-22-6-2-5-17-45-25-35(50)30-9-11-34(49)38-31(30)10-12-37(51)46-38)40(52)48-20-15-42(16-21-48,29-7-3-1-4-8-29)41(53)55-36-26-47-18-13-27(36)14-19-47/h1,3-4,7-12,23-24,27,35-36,45,49-50H,2,5-6,13-22,25-26H2,(H,46,51)/t35-,36-/m0/s1. The molecule has 1 amide bonds. The lowest BCUT2D eigenvalue weighted by molar-refractivity contribution is -0.167. The predicted octanol–water partition coefficient (Wildman–Crippen LogP) is 6.22. The van der Waals surface area contributed by atoms with Gasteiger partial charge in [-0.2, -0.15) is 0 Å². The minimum absolute atomic E-state index is 0.0469. The number of carbonyl (C=O) groups excluding carboxylic acids is 2. The number of hydrogen-bond acceptors (Lipinski definition) is 9. The number of likely N-dealkylation sites (tertiary alicyclic amines) is 1. The molecule has 2 bridgehead atoms. The van der Waals surface area contributed by atoms with Crippen LogP contribution in [-0.4, -0.2) is 95.4 Å². The van der Waals surface area contributed by atoms with E-state index in [1.54, 1.807) is 29.2 Å². The van der Waals surface area contributed by atoms with Crippen molar-refractivity contribution < 1.29 is 29.3 Å². The van der Waals surface area contributed by atoms with Crippen molar-refractivity contribution in [3.05, 3.63) is 104 Å². The molecular formula is C42H48Cl2N4O7. The number of benzene rings is 3. The van der Waals surface area contributed by atoms with Crippen LogP contribution in [0.15, 0.2) is 71.5 Å². The van der Waals surface area contributed by atoms with Crippen molar-refractivity contribution in [3.63, 3.8) is 0 Å². The first-order valence-electron chi connectivity index (χ1n) is 19.3. The number of phenols is 1. The van der Waals surface area contributed by atoms with Crippen molar-refractivity contribution in [2.45, 2.75) is 62.6 Å². The maximum Gasteiger partial charge on any atom is 0.317 e. The van der Waals surface area contributed by atoms with Crippen LogP contribution in [0, 0.1) is 5.92 Å². The number of H-pyrrole nitrogens is 1. The van der Waals surface area contributed by atoms with Gasteiger partial charge in [-0.3, -0.25) is 19.3 Å². The molecule has 2 atom stereocenters. The number of amides is 1. The molecule has 4 fully saturated rings. The largest absolute Gasteiger partial charge is 0.506 e. The second-order valence-corrected chi connectivity index (χ2v) is 15.8. The number of fused-ring (bicyclic) bond motifs is 4. The molecule has 0 unspecified atom stereocenters.